The molecule has 1 aromatic heterocycles. The molecular weight excluding hydrogens is 316 g/mol. The van der Waals surface area contributed by atoms with Gasteiger partial charge in [-0.2, -0.15) is 0 Å². The molecule has 0 fully saturated rings. The maximum absolute atomic E-state index is 5.27. The van der Waals surface area contributed by atoms with Gasteiger partial charge in [0, 0.05) is 26.7 Å². The lowest BCUT2D eigenvalue weighted by atomic mass is 10.1. The summed E-state index contributed by atoms with van der Waals surface area (Å²) in [6.07, 6.45) is 1.57. The molecule has 1 N–H and O–H groups in total. The Kier molecular flexibility index (Phi) is 5.18. The number of ether oxygens (including phenoxy) is 1. The normalized spacial score (nSPS) is 11.6. The largest absolute Gasteiger partial charge is 0.497 e. The molecule has 0 bridgehead atoms. The van der Waals surface area contributed by atoms with Gasteiger partial charge in [-0.15, -0.1) is 0 Å². The molecule has 2 aromatic carbocycles. The summed E-state index contributed by atoms with van der Waals surface area (Å²) < 4.78 is 10.1. The lowest BCUT2D eigenvalue weighted by Crippen LogP contribution is -2.38. The van der Waals surface area contributed by atoms with Crippen molar-refractivity contribution in [2.45, 2.75) is 13.1 Å². The van der Waals surface area contributed by atoms with Crippen LogP contribution in [0.25, 0.3) is 10.8 Å². The number of hydrogen-bond acceptors (Lipinski definition) is 4. The van der Waals surface area contributed by atoms with Crippen molar-refractivity contribution >= 4 is 16.7 Å². The van der Waals surface area contributed by atoms with Crippen LogP contribution in [-0.4, -0.2) is 37.2 Å². The summed E-state index contributed by atoms with van der Waals surface area (Å²) in [5.41, 5.74) is 2.05. The Labute approximate surface area is 147 Å². The fourth-order valence-corrected chi connectivity index (χ4v) is 2.71. The zero-order valence-electron chi connectivity index (χ0n) is 14.7. The summed E-state index contributed by atoms with van der Waals surface area (Å²) in [4.78, 5) is 6.33. The average Bonchev–Trinajstić information content (AvgIpc) is 3.14. The molecule has 1 heterocycles. The van der Waals surface area contributed by atoms with E-state index >= 15 is 0 Å². The van der Waals surface area contributed by atoms with Crippen LogP contribution in [-0.2, 0) is 13.1 Å². The number of benzene rings is 2. The molecule has 3 rings (SSSR count). The molecule has 0 atom stereocenters. The molecule has 0 aliphatic rings. The summed E-state index contributed by atoms with van der Waals surface area (Å²) in [5, 5.41) is 9.66. The number of rotatable bonds is 5. The third kappa shape index (κ3) is 4.09. The zero-order valence-corrected chi connectivity index (χ0v) is 14.7. The second-order valence-corrected chi connectivity index (χ2v) is 5.80. The maximum Gasteiger partial charge on any atom is 0.194 e. The van der Waals surface area contributed by atoms with Gasteiger partial charge in [0.2, 0.25) is 0 Å². The summed E-state index contributed by atoms with van der Waals surface area (Å²) >= 11 is 0. The summed E-state index contributed by atoms with van der Waals surface area (Å²) in [6, 6.07) is 14.3. The highest BCUT2D eigenvalue weighted by Crippen LogP contribution is 2.21. The lowest BCUT2D eigenvalue weighted by Gasteiger charge is -2.21. The first-order valence-electron chi connectivity index (χ1n) is 8.07. The van der Waals surface area contributed by atoms with E-state index in [0.717, 1.165) is 22.8 Å². The summed E-state index contributed by atoms with van der Waals surface area (Å²) in [5.74, 6) is 1.67. The highest BCUT2D eigenvalue weighted by atomic mass is 16.5. The van der Waals surface area contributed by atoms with Crippen molar-refractivity contribution in [2.75, 3.05) is 21.2 Å². The van der Waals surface area contributed by atoms with Crippen LogP contribution in [0.15, 0.2) is 58.2 Å². The number of fused-ring (bicyclic) bond motifs is 1. The zero-order chi connectivity index (χ0) is 17.6. The van der Waals surface area contributed by atoms with Gasteiger partial charge < -0.3 is 19.5 Å². The SMILES string of the molecule is CN=C(NCc1ccc2cc(OC)ccc2c1)N(C)Cc1ccon1. The van der Waals surface area contributed by atoms with Crippen LogP contribution >= 0.6 is 0 Å². The first-order valence-corrected chi connectivity index (χ1v) is 8.07. The van der Waals surface area contributed by atoms with Gasteiger partial charge in [0.1, 0.15) is 17.7 Å². The van der Waals surface area contributed by atoms with Crippen LogP contribution in [0.5, 0.6) is 5.75 Å². The summed E-state index contributed by atoms with van der Waals surface area (Å²) in [7, 11) is 5.42. The van der Waals surface area contributed by atoms with Crippen molar-refractivity contribution in [2.24, 2.45) is 4.99 Å². The molecule has 0 spiro atoms. The van der Waals surface area contributed by atoms with Gasteiger partial charge in [-0.3, -0.25) is 4.99 Å². The number of nitrogens with zero attached hydrogens (tertiary/aromatic N) is 3. The number of hydrogen-bond donors (Lipinski definition) is 1. The van der Waals surface area contributed by atoms with E-state index in [-0.39, 0.29) is 0 Å². The van der Waals surface area contributed by atoms with Crippen LogP contribution in [0.4, 0.5) is 0 Å². The molecule has 6 nitrogen and oxygen atoms in total. The second kappa shape index (κ2) is 7.70. The van der Waals surface area contributed by atoms with Crippen LogP contribution in [0.2, 0.25) is 0 Å². The average molecular weight is 338 g/mol. The van der Waals surface area contributed by atoms with Gasteiger partial charge in [0.25, 0.3) is 0 Å². The van der Waals surface area contributed by atoms with Gasteiger partial charge in [0.15, 0.2) is 5.96 Å². The summed E-state index contributed by atoms with van der Waals surface area (Å²) in [6.45, 7) is 1.32. The molecule has 25 heavy (non-hydrogen) atoms. The van der Waals surface area contributed by atoms with Crippen LogP contribution in [0.3, 0.4) is 0 Å². The van der Waals surface area contributed by atoms with Crippen molar-refractivity contribution in [1.82, 2.24) is 15.4 Å². The number of nitrogens with one attached hydrogen (secondary N) is 1. The fourth-order valence-electron chi connectivity index (χ4n) is 2.71. The molecular formula is C19H22N4O2. The second-order valence-electron chi connectivity index (χ2n) is 5.80. The third-order valence-electron chi connectivity index (χ3n) is 4.03. The van der Waals surface area contributed by atoms with E-state index in [9.17, 15) is 0 Å². The minimum absolute atomic E-state index is 0.633. The molecule has 6 heteroatoms. The third-order valence-corrected chi connectivity index (χ3v) is 4.03. The Morgan fingerprint density at radius 2 is 2.00 bits per heavy atom. The van der Waals surface area contributed by atoms with Crippen molar-refractivity contribution in [3.05, 3.63) is 60.0 Å². The van der Waals surface area contributed by atoms with Crippen LogP contribution < -0.4 is 10.1 Å². The molecule has 0 aliphatic heterocycles. The van der Waals surface area contributed by atoms with E-state index in [4.69, 9.17) is 9.26 Å². The lowest BCUT2D eigenvalue weighted by molar-refractivity contribution is 0.391. The van der Waals surface area contributed by atoms with E-state index in [1.165, 1.54) is 10.9 Å². The molecule has 0 aliphatic carbocycles. The van der Waals surface area contributed by atoms with Crippen molar-refractivity contribution < 1.29 is 9.26 Å². The number of aromatic nitrogens is 1. The van der Waals surface area contributed by atoms with Crippen LogP contribution in [0.1, 0.15) is 11.3 Å². The van der Waals surface area contributed by atoms with Crippen molar-refractivity contribution in [3.63, 3.8) is 0 Å². The van der Waals surface area contributed by atoms with E-state index in [0.29, 0.717) is 13.1 Å². The molecule has 130 valence electrons. The standard InChI is InChI=1S/C19H22N4O2/c1-20-19(23(2)13-17-8-9-25-22-17)21-12-14-4-5-16-11-18(24-3)7-6-15(16)10-14/h4-11H,12-13H2,1-3H3,(H,20,21). The first-order chi connectivity index (χ1) is 12.2. The van der Waals surface area contributed by atoms with Gasteiger partial charge in [-0.1, -0.05) is 23.4 Å². The van der Waals surface area contributed by atoms with Crippen LogP contribution in [0, 0.1) is 0 Å². The van der Waals surface area contributed by atoms with Crippen molar-refractivity contribution in [3.8, 4) is 5.75 Å². The molecule has 3 aromatic rings. The van der Waals surface area contributed by atoms with E-state index in [1.54, 1.807) is 20.4 Å². The monoisotopic (exact) mass is 338 g/mol. The number of aliphatic imine (C=N–C) groups is 1. The maximum atomic E-state index is 5.27. The first kappa shape index (κ1) is 16.8. The van der Waals surface area contributed by atoms with E-state index in [1.807, 2.05) is 30.1 Å². The van der Waals surface area contributed by atoms with Crippen molar-refractivity contribution in [1.29, 1.82) is 0 Å². The minimum Gasteiger partial charge on any atom is -0.497 e. The quantitative estimate of drug-likeness (QED) is 0.572. The highest BCUT2D eigenvalue weighted by Gasteiger charge is 2.08. The Balaban J connectivity index is 1.66. The molecule has 0 amide bonds. The predicted molar refractivity (Wildman–Crippen MR) is 98.7 cm³/mol. The molecule has 0 unspecified atom stereocenters. The molecule has 0 saturated heterocycles. The predicted octanol–water partition coefficient (Wildman–Crippen LogP) is 3.04. The minimum atomic E-state index is 0.633. The smallest absolute Gasteiger partial charge is 0.194 e. The molecule has 0 radical (unpaired) electrons. The van der Waals surface area contributed by atoms with Gasteiger partial charge in [-0.25, -0.2) is 0 Å². The molecule has 0 saturated carbocycles. The Morgan fingerprint density at radius 3 is 2.72 bits per heavy atom. The Morgan fingerprint density at radius 1 is 1.20 bits per heavy atom. The van der Waals surface area contributed by atoms with Gasteiger partial charge in [0.05, 0.1) is 13.7 Å². The van der Waals surface area contributed by atoms with Gasteiger partial charge >= 0.3 is 0 Å². The Hall–Kier alpha value is -3.02. The fraction of sp³-hybridized carbons (Fsp3) is 0.263. The van der Waals surface area contributed by atoms with E-state index in [2.05, 4.69) is 39.7 Å². The number of guanidine groups is 1. The Bertz CT molecular complexity index is 859. The number of methoxy groups -OCH3 is 1. The van der Waals surface area contributed by atoms with Gasteiger partial charge in [-0.05, 0) is 34.5 Å². The van der Waals surface area contributed by atoms with E-state index < -0.39 is 0 Å². The highest BCUT2D eigenvalue weighted by molar-refractivity contribution is 5.85. The topological polar surface area (TPSA) is 62.9 Å².